The Hall–Kier alpha value is -1.84. The molecule has 74 valence electrons. The number of nitrogens with zero attached hydrogens (tertiary/aromatic N) is 1. The molecule has 0 bridgehead atoms. The van der Waals surface area contributed by atoms with Gasteiger partial charge in [-0.3, -0.25) is 4.79 Å². The highest BCUT2D eigenvalue weighted by molar-refractivity contribution is 6.31. The molecule has 4 heteroatoms. The SMILES string of the molecule is Cc1ccc(NC(=O)/C=N/O)cc1C. The van der Waals surface area contributed by atoms with E-state index in [0.717, 1.165) is 11.8 Å². The van der Waals surface area contributed by atoms with Crippen molar-refractivity contribution in [2.75, 3.05) is 5.32 Å². The highest BCUT2D eigenvalue weighted by Crippen LogP contribution is 2.13. The van der Waals surface area contributed by atoms with Crippen molar-refractivity contribution in [1.29, 1.82) is 0 Å². The molecule has 4 nitrogen and oxygen atoms in total. The lowest BCUT2D eigenvalue weighted by molar-refractivity contribution is -0.110. The third-order valence-corrected chi connectivity index (χ3v) is 1.95. The molecule has 0 aliphatic rings. The minimum atomic E-state index is -0.448. The largest absolute Gasteiger partial charge is 0.411 e. The zero-order valence-corrected chi connectivity index (χ0v) is 8.11. The van der Waals surface area contributed by atoms with Gasteiger partial charge >= 0.3 is 0 Å². The first-order valence-electron chi connectivity index (χ1n) is 4.19. The fourth-order valence-electron chi connectivity index (χ4n) is 1.05. The first-order chi connectivity index (χ1) is 6.63. The van der Waals surface area contributed by atoms with Crippen LogP contribution in [0.2, 0.25) is 0 Å². The smallest absolute Gasteiger partial charge is 0.270 e. The van der Waals surface area contributed by atoms with E-state index >= 15 is 0 Å². The molecule has 0 saturated heterocycles. The molecule has 1 aromatic rings. The van der Waals surface area contributed by atoms with E-state index in [1.807, 2.05) is 26.0 Å². The van der Waals surface area contributed by atoms with Gasteiger partial charge in [-0.25, -0.2) is 0 Å². The highest BCUT2D eigenvalue weighted by atomic mass is 16.4. The van der Waals surface area contributed by atoms with Gasteiger partial charge in [-0.15, -0.1) is 0 Å². The van der Waals surface area contributed by atoms with E-state index in [2.05, 4.69) is 10.5 Å². The van der Waals surface area contributed by atoms with E-state index in [9.17, 15) is 4.79 Å². The van der Waals surface area contributed by atoms with Gasteiger partial charge in [-0.05, 0) is 37.1 Å². The summed E-state index contributed by atoms with van der Waals surface area (Å²) in [7, 11) is 0. The summed E-state index contributed by atoms with van der Waals surface area (Å²) >= 11 is 0. The zero-order valence-electron chi connectivity index (χ0n) is 8.11. The first-order valence-corrected chi connectivity index (χ1v) is 4.19. The van der Waals surface area contributed by atoms with Gasteiger partial charge in [0, 0.05) is 5.69 Å². The summed E-state index contributed by atoms with van der Waals surface area (Å²) in [6, 6.07) is 5.57. The lowest BCUT2D eigenvalue weighted by atomic mass is 10.1. The minimum Gasteiger partial charge on any atom is -0.411 e. The molecule has 0 fully saturated rings. The summed E-state index contributed by atoms with van der Waals surface area (Å²) in [6.07, 6.45) is 0.815. The quantitative estimate of drug-likeness (QED) is 0.425. The number of benzene rings is 1. The van der Waals surface area contributed by atoms with Crippen LogP contribution >= 0.6 is 0 Å². The Morgan fingerprint density at radius 3 is 2.71 bits per heavy atom. The molecule has 0 aliphatic carbocycles. The van der Waals surface area contributed by atoms with Gasteiger partial charge in [-0.2, -0.15) is 0 Å². The molecular weight excluding hydrogens is 180 g/mol. The number of rotatable bonds is 2. The van der Waals surface area contributed by atoms with Gasteiger partial charge < -0.3 is 10.5 Å². The third-order valence-electron chi connectivity index (χ3n) is 1.95. The maximum absolute atomic E-state index is 11.0. The lowest BCUT2D eigenvalue weighted by Crippen LogP contribution is -2.12. The van der Waals surface area contributed by atoms with Crippen molar-refractivity contribution >= 4 is 17.8 Å². The fourth-order valence-corrected chi connectivity index (χ4v) is 1.05. The minimum absolute atomic E-state index is 0.448. The van der Waals surface area contributed by atoms with Gasteiger partial charge in [0.1, 0.15) is 6.21 Å². The van der Waals surface area contributed by atoms with Gasteiger partial charge in [0.15, 0.2) is 0 Å². The van der Waals surface area contributed by atoms with Crippen molar-refractivity contribution in [3.63, 3.8) is 0 Å². The van der Waals surface area contributed by atoms with Crippen LogP contribution in [0, 0.1) is 13.8 Å². The summed E-state index contributed by atoms with van der Waals surface area (Å²) in [6.45, 7) is 3.96. The van der Waals surface area contributed by atoms with Gasteiger partial charge in [0.25, 0.3) is 5.91 Å². The average molecular weight is 192 g/mol. The van der Waals surface area contributed by atoms with Gasteiger partial charge in [-0.1, -0.05) is 11.2 Å². The summed E-state index contributed by atoms with van der Waals surface area (Å²) in [5.41, 5.74) is 2.96. The van der Waals surface area contributed by atoms with Crippen molar-refractivity contribution in [3.8, 4) is 0 Å². The summed E-state index contributed by atoms with van der Waals surface area (Å²) in [5.74, 6) is -0.448. The second-order valence-corrected chi connectivity index (χ2v) is 3.03. The van der Waals surface area contributed by atoms with Crippen LogP contribution in [0.3, 0.4) is 0 Å². The standard InChI is InChI=1S/C10H12N2O2/c1-7-3-4-9(5-8(7)2)12-10(13)6-11-14/h3-6,14H,1-2H3,(H,12,13)/b11-6+. The van der Waals surface area contributed by atoms with Crippen LogP contribution in [0.15, 0.2) is 23.4 Å². The van der Waals surface area contributed by atoms with Crippen LogP contribution in [0.25, 0.3) is 0 Å². The average Bonchev–Trinajstić information content (AvgIpc) is 2.12. The Balaban J connectivity index is 2.78. The van der Waals surface area contributed by atoms with Crippen LogP contribution < -0.4 is 5.32 Å². The van der Waals surface area contributed by atoms with Crippen LogP contribution in [-0.4, -0.2) is 17.3 Å². The molecule has 1 amide bonds. The van der Waals surface area contributed by atoms with Crippen molar-refractivity contribution in [3.05, 3.63) is 29.3 Å². The van der Waals surface area contributed by atoms with Crippen LogP contribution in [0.1, 0.15) is 11.1 Å². The fraction of sp³-hybridized carbons (Fsp3) is 0.200. The maximum Gasteiger partial charge on any atom is 0.270 e. The van der Waals surface area contributed by atoms with E-state index in [4.69, 9.17) is 5.21 Å². The molecule has 0 spiro atoms. The molecule has 1 rings (SSSR count). The van der Waals surface area contributed by atoms with E-state index in [1.165, 1.54) is 5.56 Å². The van der Waals surface area contributed by atoms with E-state index < -0.39 is 5.91 Å². The number of carbonyl (C=O) groups is 1. The van der Waals surface area contributed by atoms with Crippen LogP contribution in [0.4, 0.5) is 5.69 Å². The first kappa shape index (κ1) is 10.2. The summed E-state index contributed by atoms with van der Waals surface area (Å²) in [4.78, 5) is 11.0. The number of aryl methyl sites for hydroxylation is 2. The Labute approximate surface area is 82.2 Å². The number of anilines is 1. The molecule has 1 aromatic carbocycles. The Morgan fingerprint density at radius 2 is 2.14 bits per heavy atom. The molecule has 0 atom stereocenters. The Kier molecular flexibility index (Phi) is 3.23. The van der Waals surface area contributed by atoms with Crippen molar-refractivity contribution in [1.82, 2.24) is 0 Å². The predicted octanol–water partition coefficient (Wildman–Crippen LogP) is 1.70. The van der Waals surface area contributed by atoms with Crippen molar-refractivity contribution < 1.29 is 10.0 Å². The monoisotopic (exact) mass is 192 g/mol. The second-order valence-electron chi connectivity index (χ2n) is 3.03. The maximum atomic E-state index is 11.0. The summed E-state index contributed by atoms with van der Waals surface area (Å²) in [5, 5.41) is 13.3. The lowest BCUT2D eigenvalue weighted by Gasteiger charge is -2.04. The number of oxime groups is 1. The van der Waals surface area contributed by atoms with E-state index in [0.29, 0.717) is 5.69 Å². The number of nitrogens with one attached hydrogen (secondary N) is 1. The summed E-state index contributed by atoms with van der Waals surface area (Å²) < 4.78 is 0. The Bertz CT molecular complexity index is 372. The molecular formula is C10H12N2O2. The van der Waals surface area contributed by atoms with Crippen molar-refractivity contribution in [2.24, 2.45) is 5.16 Å². The zero-order chi connectivity index (χ0) is 10.6. The second kappa shape index (κ2) is 4.41. The molecule has 0 aromatic heterocycles. The van der Waals surface area contributed by atoms with E-state index in [-0.39, 0.29) is 0 Å². The normalized spacial score (nSPS) is 10.4. The number of amides is 1. The van der Waals surface area contributed by atoms with Gasteiger partial charge in [0.2, 0.25) is 0 Å². The van der Waals surface area contributed by atoms with E-state index in [1.54, 1.807) is 6.07 Å². The molecule has 2 N–H and O–H groups in total. The molecule has 0 aliphatic heterocycles. The topological polar surface area (TPSA) is 61.7 Å². The Morgan fingerprint density at radius 1 is 1.43 bits per heavy atom. The van der Waals surface area contributed by atoms with Crippen molar-refractivity contribution in [2.45, 2.75) is 13.8 Å². The molecule has 0 unspecified atom stereocenters. The molecule has 0 heterocycles. The molecule has 0 radical (unpaired) electrons. The van der Waals surface area contributed by atoms with Gasteiger partial charge in [0.05, 0.1) is 0 Å². The number of hydrogen-bond donors (Lipinski definition) is 2. The predicted molar refractivity (Wildman–Crippen MR) is 54.8 cm³/mol. The number of carbonyl (C=O) groups excluding carboxylic acids is 1. The van der Waals surface area contributed by atoms with Crippen LogP contribution in [0.5, 0.6) is 0 Å². The molecule has 14 heavy (non-hydrogen) atoms. The number of hydrogen-bond acceptors (Lipinski definition) is 3. The molecule has 0 saturated carbocycles. The third kappa shape index (κ3) is 2.58. The van der Waals surface area contributed by atoms with Crippen LogP contribution in [-0.2, 0) is 4.79 Å². The highest BCUT2D eigenvalue weighted by Gasteiger charge is 1.99.